The molecule has 0 aliphatic heterocycles. The van der Waals surface area contributed by atoms with Crippen molar-refractivity contribution >= 4 is 11.8 Å². The largest absolute Gasteiger partial charge is 0.317 e. The summed E-state index contributed by atoms with van der Waals surface area (Å²) in [5.74, 6) is 2.58. The molecule has 1 unspecified atom stereocenters. The molecule has 0 saturated carbocycles. The Morgan fingerprint density at radius 2 is 2.20 bits per heavy atom. The Hall–Kier alpha value is 0.310. The highest BCUT2D eigenvalue weighted by Crippen LogP contribution is 2.04. The highest BCUT2D eigenvalue weighted by Gasteiger charge is 1.95. The highest BCUT2D eigenvalue weighted by molar-refractivity contribution is 7.99. The van der Waals surface area contributed by atoms with Crippen LogP contribution in [0.3, 0.4) is 0 Å². The molecule has 0 rings (SSSR count). The lowest BCUT2D eigenvalue weighted by molar-refractivity contribution is 0.559. The van der Waals surface area contributed by atoms with Gasteiger partial charge in [-0.25, -0.2) is 0 Å². The molecule has 0 aromatic heterocycles. The van der Waals surface area contributed by atoms with Crippen molar-refractivity contribution in [3.05, 3.63) is 0 Å². The summed E-state index contributed by atoms with van der Waals surface area (Å²) in [5, 5.41) is 3.23. The molecule has 0 bridgehead atoms. The standard InChI is InChI=1S/C8H19NS/c1-4-10-7-5-6-8(2)9-3/h8-9H,4-7H2,1-3H3. The lowest BCUT2D eigenvalue weighted by Gasteiger charge is -2.08. The summed E-state index contributed by atoms with van der Waals surface area (Å²) >= 11 is 2.03. The van der Waals surface area contributed by atoms with Crippen molar-refractivity contribution in [1.29, 1.82) is 0 Å². The van der Waals surface area contributed by atoms with Crippen LogP contribution in [0.1, 0.15) is 26.7 Å². The Balaban J connectivity index is 2.89. The van der Waals surface area contributed by atoms with E-state index in [4.69, 9.17) is 0 Å². The fraction of sp³-hybridized carbons (Fsp3) is 1.00. The minimum absolute atomic E-state index is 0.692. The molecule has 1 nitrogen and oxygen atoms in total. The quantitative estimate of drug-likeness (QED) is 0.599. The summed E-state index contributed by atoms with van der Waals surface area (Å²) in [6.45, 7) is 4.45. The van der Waals surface area contributed by atoms with Crippen molar-refractivity contribution in [1.82, 2.24) is 5.32 Å². The number of nitrogens with one attached hydrogen (secondary N) is 1. The van der Waals surface area contributed by atoms with Crippen LogP contribution < -0.4 is 5.32 Å². The van der Waals surface area contributed by atoms with Crippen molar-refractivity contribution in [3.63, 3.8) is 0 Å². The minimum atomic E-state index is 0.692. The Morgan fingerprint density at radius 1 is 1.50 bits per heavy atom. The van der Waals surface area contributed by atoms with Gasteiger partial charge in [-0.05, 0) is 38.3 Å². The van der Waals surface area contributed by atoms with Crippen LogP contribution >= 0.6 is 11.8 Å². The Labute approximate surface area is 69.0 Å². The van der Waals surface area contributed by atoms with E-state index >= 15 is 0 Å². The molecular weight excluding hydrogens is 142 g/mol. The fourth-order valence-electron chi connectivity index (χ4n) is 0.780. The lowest BCUT2D eigenvalue weighted by atomic mass is 10.2. The molecule has 0 heterocycles. The van der Waals surface area contributed by atoms with Gasteiger partial charge in [-0.3, -0.25) is 0 Å². The van der Waals surface area contributed by atoms with Crippen molar-refractivity contribution in [2.75, 3.05) is 18.6 Å². The van der Waals surface area contributed by atoms with Crippen LogP contribution in [-0.2, 0) is 0 Å². The van der Waals surface area contributed by atoms with E-state index in [9.17, 15) is 0 Å². The Kier molecular flexibility index (Phi) is 7.65. The first-order chi connectivity index (χ1) is 4.81. The van der Waals surface area contributed by atoms with Crippen molar-refractivity contribution in [2.24, 2.45) is 0 Å². The Bertz CT molecular complexity index is 66.3. The SMILES string of the molecule is CCSCCCC(C)NC. The summed E-state index contributed by atoms with van der Waals surface area (Å²) < 4.78 is 0. The third-order valence-electron chi connectivity index (χ3n) is 1.62. The zero-order valence-electron chi connectivity index (χ0n) is 7.31. The summed E-state index contributed by atoms with van der Waals surface area (Å²) in [5.41, 5.74) is 0. The predicted molar refractivity (Wildman–Crippen MR) is 50.8 cm³/mol. The third kappa shape index (κ3) is 6.43. The van der Waals surface area contributed by atoms with Crippen LogP contribution in [0.5, 0.6) is 0 Å². The van der Waals surface area contributed by atoms with Gasteiger partial charge in [0.1, 0.15) is 0 Å². The van der Waals surface area contributed by atoms with Crippen LogP contribution in [0.2, 0.25) is 0 Å². The summed E-state index contributed by atoms with van der Waals surface area (Å²) in [6, 6.07) is 0.692. The first-order valence-corrected chi connectivity index (χ1v) is 5.21. The molecule has 1 atom stereocenters. The first-order valence-electron chi connectivity index (χ1n) is 4.06. The van der Waals surface area contributed by atoms with Crippen LogP contribution in [0.15, 0.2) is 0 Å². The van der Waals surface area contributed by atoms with Gasteiger partial charge in [0.05, 0.1) is 0 Å². The van der Waals surface area contributed by atoms with E-state index < -0.39 is 0 Å². The zero-order chi connectivity index (χ0) is 7.82. The fourth-order valence-corrected chi connectivity index (χ4v) is 1.44. The lowest BCUT2D eigenvalue weighted by Crippen LogP contribution is -2.20. The second-order valence-corrected chi connectivity index (χ2v) is 3.92. The molecule has 0 aromatic rings. The van der Waals surface area contributed by atoms with Crippen molar-refractivity contribution in [2.45, 2.75) is 32.7 Å². The average molecular weight is 161 g/mol. The molecule has 10 heavy (non-hydrogen) atoms. The van der Waals surface area contributed by atoms with Gasteiger partial charge in [-0.2, -0.15) is 11.8 Å². The van der Waals surface area contributed by atoms with Crippen LogP contribution in [0.4, 0.5) is 0 Å². The molecule has 0 fully saturated rings. The van der Waals surface area contributed by atoms with Gasteiger partial charge < -0.3 is 5.32 Å². The first kappa shape index (κ1) is 10.3. The predicted octanol–water partition coefficient (Wildman–Crippen LogP) is 2.13. The van der Waals surface area contributed by atoms with E-state index in [-0.39, 0.29) is 0 Å². The van der Waals surface area contributed by atoms with E-state index in [2.05, 4.69) is 19.2 Å². The highest BCUT2D eigenvalue weighted by atomic mass is 32.2. The molecule has 0 spiro atoms. The number of hydrogen-bond donors (Lipinski definition) is 1. The maximum atomic E-state index is 3.23. The normalized spacial score (nSPS) is 13.5. The summed E-state index contributed by atoms with van der Waals surface area (Å²) in [4.78, 5) is 0. The average Bonchev–Trinajstić information content (AvgIpc) is 1.98. The van der Waals surface area contributed by atoms with Gasteiger partial charge >= 0.3 is 0 Å². The van der Waals surface area contributed by atoms with E-state index in [1.807, 2.05) is 18.8 Å². The van der Waals surface area contributed by atoms with Crippen molar-refractivity contribution < 1.29 is 0 Å². The van der Waals surface area contributed by atoms with Gasteiger partial charge in [-0.15, -0.1) is 0 Å². The van der Waals surface area contributed by atoms with Gasteiger partial charge in [0.25, 0.3) is 0 Å². The molecule has 2 heteroatoms. The van der Waals surface area contributed by atoms with E-state index in [0.717, 1.165) is 0 Å². The molecule has 0 aliphatic carbocycles. The van der Waals surface area contributed by atoms with Crippen LogP contribution in [-0.4, -0.2) is 24.6 Å². The van der Waals surface area contributed by atoms with E-state index in [1.165, 1.54) is 24.3 Å². The minimum Gasteiger partial charge on any atom is -0.317 e. The maximum absolute atomic E-state index is 3.23. The number of hydrogen-bond acceptors (Lipinski definition) is 2. The second-order valence-electron chi connectivity index (χ2n) is 2.53. The van der Waals surface area contributed by atoms with Gasteiger partial charge in [0.2, 0.25) is 0 Å². The topological polar surface area (TPSA) is 12.0 Å². The summed E-state index contributed by atoms with van der Waals surface area (Å²) in [7, 11) is 2.03. The smallest absolute Gasteiger partial charge is 0.00360 e. The second kappa shape index (κ2) is 7.42. The maximum Gasteiger partial charge on any atom is 0.00360 e. The molecule has 0 amide bonds. The summed E-state index contributed by atoms with van der Waals surface area (Å²) in [6.07, 6.45) is 2.66. The van der Waals surface area contributed by atoms with Crippen LogP contribution in [0.25, 0.3) is 0 Å². The van der Waals surface area contributed by atoms with Crippen LogP contribution in [0, 0.1) is 0 Å². The number of thioether (sulfide) groups is 1. The molecule has 1 N–H and O–H groups in total. The molecule has 62 valence electrons. The van der Waals surface area contributed by atoms with E-state index in [1.54, 1.807) is 0 Å². The van der Waals surface area contributed by atoms with E-state index in [0.29, 0.717) is 6.04 Å². The third-order valence-corrected chi connectivity index (χ3v) is 2.61. The molecule has 0 radical (unpaired) electrons. The monoisotopic (exact) mass is 161 g/mol. The van der Waals surface area contributed by atoms with Gasteiger partial charge in [-0.1, -0.05) is 6.92 Å². The zero-order valence-corrected chi connectivity index (χ0v) is 8.13. The molecular formula is C8H19NS. The Morgan fingerprint density at radius 3 is 2.70 bits per heavy atom. The van der Waals surface area contributed by atoms with Crippen molar-refractivity contribution in [3.8, 4) is 0 Å². The molecule has 0 saturated heterocycles. The molecule has 0 aliphatic rings. The van der Waals surface area contributed by atoms with Gasteiger partial charge in [0.15, 0.2) is 0 Å². The number of rotatable bonds is 6. The van der Waals surface area contributed by atoms with Gasteiger partial charge in [0, 0.05) is 6.04 Å². The molecule has 0 aromatic carbocycles.